The van der Waals surface area contributed by atoms with Crippen LogP contribution in [0.3, 0.4) is 0 Å². The van der Waals surface area contributed by atoms with Crippen LogP contribution in [0.5, 0.6) is 0 Å². The molecule has 0 N–H and O–H groups in total. The highest BCUT2D eigenvalue weighted by Gasteiger charge is 2.25. The molecule has 0 saturated carbocycles. The Kier molecular flexibility index (Phi) is 3.76. The average molecular weight is 324 g/mol. The monoisotopic (exact) mass is 324 g/mol. The first kappa shape index (κ1) is 14.9. The Balaban J connectivity index is 1.38. The summed E-state index contributed by atoms with van der Waals surface area (Å²) < 4.78 is 3.48. The molecule has 0 atom stereocenters. The van der Waals surface area contributed by atoms with Crippen LogP contribution >= 0.6 is 0 Å². The molecular formula is C17H20N6O. The van der Waals surface area contributed by atoms with Crippen molar-refractivity contribution in [2.24, 2.45) is 0 Å². The molecule has 1 saturated heterocycles. The predicted octanol–water partition coefficient (Wildman–Crippen LogP) is 1.64. The Bertz CT molecular complexity index is 859. The topological polar surface area (TPSA) is 68.3 Å². The number of carbonyl (C=O) groups excluding carboxylic acids is 1. The van der Waals surface area contributed by atoms with Crippen LogP contribution in [0.4, 0.5) is 0 Å². The molecule has 1 aliphatic rings. The number of hydrogen-bond acceptors (Lipinski definition) is 4. The zero-order valence-electron chi connectivity index (χ0n) is 13.7. The summed E-state index contributed by atoms with van der Waals surface area (Å²) in [7, 11) is 0. The number of likely N-dealkylation sites (tertiary alicyclic amines) is 1. The lowest BCUT2D eigenvalue weighted by molar-refractivity contribution is -0.133. The van der Waals surface area contributed by atoms with Gasteiger partial charge in [0.25, 0.3) is 0 Å². The van der Waals surface area contributed by atoms with Crippen molar-refractivity contribution < 1.29 is 4.79 Å². The molecule has 1 amide bonds. The SMILES string of the molecule is Cc1cnn(CC(=O)N2CCC(c3ccn4nccc4n3)CC2)c1. The first-order chi connectivity index (χ1) is 11.7. The Morgan fingerprint density at radius 3 is 2.83 bits per heavy atom. The van der Waals surface area contributed by atoms with E-state index in [1.807, 2.05) is 36.4 Å². The molecule has 7 nitrogen and oxygen atoms in total. The number of amides is 1. The van der Waals surface area contributed by atoms with Crippen molar-refractivity contribution in [1.29, 1.82) is 0 Å². The van der Waals surface area contributed by atoms with E-state index < -0.39 is 0 Å². The van der Waals surface area contributed by atoms with Gasteiger partial charge in [-0.15, -0.1) is 0 Å². The van der Waals surface area contributed by atoms with Gasteiger partial charge in [0.15, 0.2) is 5.65 Å². The smallest absolute Gasteiger partial charge is 0.244 e. The van der Waals surface area contributed by atoms with Crippen LogP contribution in [0.25, 0.3) is 5.65 Å². The van der Waals surface area contributed by atoms with E-state index in [2.05, 4.69) is 15.2 Å². The highest BCUT2D eigenvalue weighted by molar-refractivity contribution is 5.76. The van der Waals surface area contributed by atoms with Gasteiger partial charge in [0.05, 0.1) is 12.4 Å². The van der Waals surface area contributed by atoms with Crippen molar-refractivity contribution in [2.45, 2.75) is 32.2 Å². The highest BCUT2D eigenvalue weighted by atomic mass is 16.2. The minimum Gasteiger partial charge on any atom is -0.341 e. The lowest BCUT2D eigenvalue weighted by atomic mass is 9.93. The molecular weight excluding hydrogens is 304 g/mol. The molecule has 4 rings (SSSR count). The van der Waals surface area contributed by atoms with Crippen LogP contribution in [0.15, 0.2) is 36.9 Å². The van der Waals surface area contributed by atoms with Crippen molar-refractivity contribution in [1.82, 2.24) is 29.3 Å². The number of nitrogens with zero attached hydrogens (tertiary/aromatic N) is 6. The van der Waals surface area contributed by atoms with Gasteiger partial charge in [-0.1, -0.05) is 0 Å². The van der Waals surface area contributed by atoms with Gasteiger partial charge in [-0.25, -0.2) is 9.50 Å². The number of aromatic nitrogens is 5. The summed E-state index contributed by atoms with van der Waals surface area (Å²) in [6, 6.07) is 3.95. The van der Waals surface area contributed by atoms with Gasteiger partial charge in [0.2, 0.25) is 5.91 Å². The largest absolute Gasteiger partial charge is 0.341 e. The van der Waals surface area contributed by atoms with Gasteiger partial charge in [-0.2, -0.15) is 10.2 Å². The van der Waals surface area contributed by atoms with Crippen molar-refractivity contribution >= 4 is 11.6 Å². The second-order valence-corrected chi connectivity index (χ2v) is 6.36. The van der Waals surface area contributed by atoms with Crippen LogP contribution in [0.2, 0.25) is 0 Å². The van der Waals surface area contributed by atoms with Crippen LogP contribution < -0.4 is 0 Å². The summed E-state index contributed by atoms with van der Waals surface area (Å²) in [5.74, 6) is 0.539. The molecule has 0 aliphatic carbocycles. The van der Waals surface area contributed by atoms with E-state index in [0.717, 1.165) is 42.8 Å². The average Bonchev–Trinajstić information content (AvgIpc) is 3.23. The molecule has 124 valence electrons. The normalized spacial score (nSPS) is 16.0. The van der Waals surface area contributed by atoms with Gasteiger partial charge < -0.3 is 4.90 Å². The Morgan fingerprint density at radius 2 is 2.08 bits per heavy atom. The van der Waals surface area contributed by atoms with E-state index in [-0.39, 0.29) is 5.91 Å². The third-order valence-corrected chi connectivity index (χ3v) is 4.61. The minimum absolute atomic E-state index is 0.135. The molecule has 0 spiro atoms. The first-order valence-electron chi connectivity index (χ1n) is 8.26. The standard InChI is InChI=1S/C17H20N6O/c1-13-10-19-22(11-13)12-17(24)21-7-3-14(4-8-21)15-5-9-23-16(20-15)2-6-18-23/h2,5-6,9-11,14H,3-4,7-8,12H2,1H3. The molecule has 3 aromatic rings. The maximum absolute atomic E-state index is 12.4. The fourth-order valence-electron chi connectivity index (χ4n) is 3.27. The van der Waals surface area contributed by atoms with Crippen molar-refractivity contribution in [3.05, 3.63) is 48.2 Å². The summed E-state index contributed by atoms with van der Waals surface area (Å²) in [5, 5.41) is 8.36. The summed E-state index contributed by atoms with van der Waals surface area (Å²) in [4.78, 5) is 19.0. The molecule has 3 aromatic heterocycles. The molecule has 1 fully saturated rings. The number of aryl methyl sites for hydroxylation is 1. The van der Waals surface area contributed by atoms with E-state index in [4.69, 9.17) is 0 Å². The van der Waals surface area contributed by atoms with Gasteiger partial charge in [-0.05, 0) is 31.4 Å². The molecule has 0 bridgehead atoms. The van der Waals surface area contributed by atoms with Crippen LogP contribution in [-0.4, -0.2) is 48.3 Å². The van der Waals surface area contributed by atoms with Gasteiger partial charge in [0, 0.05) is 43.2 Å². The number of fused-ring (bicyclic) bond motifs is 1. The Hall–Kier alpha value is -2.70. The number of hydrogen-bond donors (Lipinski definition) is 0. The number of rotatable bonds is 3. The Labute approximate surface area is 139 Å². The second kappa shape index (κ2) is 6.07. The molecule has 0 aromatic carbocycles. The molecule has 4 heterocycles. The lowest BCUT2D eigenvalue weighted by Gasteiger charge is -2.31. The maximum atomic E-state index is 12.4. The van der Waals surface area contributed by atoms with Crippen molar-refractivity contribution in [3.63, 3.8) is 0 Å². The summed E-state index contributed by atoms with van der Waals surface area (Å²) in [6.45, 7) is 3.84. The van der Waals surface area contributed by atoms with E-state index in [1.54, 1.807) is 21.6 Å². The summed E-state index contributed by atoms with van der Waals surface area (Å²) >= 11 is 0. The van der Waals surface area contributed by atoms with Crippen molar-refractivity contribution in [3.8, 4) is 0 Å². The van der Waals surface area contributed by atoms with Crippen LogP contribution in [0.1, 0.15) is 30.0 Å². The third-order valence-electron chi connectivity index (χ3n) is 4.61. The van der Waals surface area contributed by atoms with Gasteiger partial charge in [0.1, 0.15) is 6.54 Å². The quantitative estimate of drug-likeness (QED) is 0.734. The first-order valence-corrected chi connectivity index (χ1v) is 8.26. The van der Waals surface area contributed by atoms with Gasteiger partial charge in [-0.3, -0.25) is 9.48 Å². The van der Waals surface area contributed by atoms with Crippen LogP contribution in [-0.2, 0) is 11.3 Å². The summed E-state index contributed by atoms with van der Waals surface area (Å²) in [6.07, 6.45) is 9.27. The Morgan fingerprint density at radius 1 is 1.25 bits per heavy atom. The molecule has 1 aliphatic heterocycles. The van der Waals surface area contributed by atoms with Crippen LogP contribution in [0, 0.1) is 6.92 Å². The minimum atomic E-state index is 0.135. The van der Waals surface area contributed by atoms with E-state index in [1.165, 1.54) is 0 Å². The van der Waals surface area contributed by atoms with E-state index >= 15 is 0 Å². The van der Waals surface area contributed by atoms with E-state index in [9.17, 15) is 4.79 Å². The van der Waals surface area contributed by atoms with E-state index in [0.29, 0.717) is 12.5 Å². The fraction of sp³-hybridized carbons (Fsp3) is 0.412. The zero-order chi connectivity index (χ0) is 16.5. The fourth-order valence-corrected chi connectivity index (χ4v) is 3.27. The van der Waals surface area contributed by atoms with Gasteiger partial charge >= 0.3 is 0 Å². The van der Waals surface area contributed by atoms with Crippen molar-refractivity contribution in [2.75, 3.05) is 13.1 Å². The predicted molar refractivity (Wildman–Crippen MR) is 88.5 cm³/mol. The maximum Gasteiger partial charge on any atom is 0.244 e. The second-order valence-electron chi connectivity index (χ2n) is 6.36. The zero-order valence-corrected chi connectivity index (χ0v) is 13.7. The number of piperidine rings is 1. The third kappa shape index (κ3) is 2.89. The molecule has 7 heteroatoms. The molecule has 0 unspecified atom stereocenters. The lowest BCUT2D eigenvalue weighted by Crippen LogP contribution is -2.40. The highest BCUT2D eigenvalue weighted by Crippen LogP contribution is 2.27. The number of carbonyl (C=O) groups is 1. The molecule has 0 radical (unpaired) electrons. The molecule has 24 heavy (non-hydrogen) atoms. The summed E-state index contributed by atoms with van der Waals surface area (Å²) in [5.41, 5.74) is 3.04.